The van der Waals surface area contributed by atoms with Crippen LogP contribution >= 0.6 is 23.4 Å². The zero-order valence-corrected chi connectivity index (χ0v) is 17.1. The molecule has 2 aromatic rings. The summed E-state index contributed by atoms with van der Waals surface area (Å²) in [4.78, 5) is 28.1. The number of amidine groups is 1. The number of hydrogen-bond donors (Lipinski definition) is 2. The van der Waals surface area contributed by atoms with Gasteiger partial charge in [-0.2, -0.15) is 0 Å². The second-order valence-electron chi connectivity index (χ2n) is 5.94. The normalized spacial score (nSPS) is 17.3. The fourth-order valence-electron chi connectivity index (χ4n) is 2.40. The van der Waals surface area contributed by atoms with Gasteiger partial charge in [-0.15, -0.1) is 0 Å². The summed E-state index contributed by atoms with van der Waals surface area (Å²) in [6.45, 7) is 1.43. The van der Waals surface area contributed by atoms with Crippen LogP contribution in [0.15, 0.2) is 52.4 Å². The van der Waals surface area contributed by atoms with Gasteiger partial charge >= 0.3 is 5.97 Å². The van der Waals surface area contributed by atoms with Crippen molar-refractivity contribution in [1.29, 1.82) is 0 Å². The van der Waals surface area contributed by atoms with Crippen LogP contribution in [0.3, 0.4) is 0 Å². The number of carbonyl (C=O) groups is 2. The Morgan fingerprint density at radius 3 is 2.72 bits per heavy atom. The molecule has 7 nitrogen and oxygen atoms in total. The summed E-state index contributed by atoms with van der Waals surface area (Å²) < 4.78 is 10.7. The summed E-state index contributed by atoms with van der Waals surface area (Å²) in [5.74, 6) is -0.697. The number of hydrogen-bond acceptors (Lipinski definition) is 6. The second-order valence-corrected chi connectivity index (χ2v) is 7.38. The summed E-state index contributed by atoms with van der Waals surface area (Å²) in [5.41, 5.74) is 1.25. The molecule has 0 radical (unpaired) electrons. The molecule has 0 saturated carbocycles. The molecule has 0 spiro atoms. The van der Waals surface area contributed by atoms with E-state index >= 15 is 0 Å². The van der Waals surface area contributed by atoms with Gasteiger partial charge in [0.1, 0.15) is 0 Å². The lowest BCUT2D eigenvalue weighted by Crippen LogP contribution is -2.23. The van der Waals surface area contributed by atoms with Crippen molar-refractivity contribution in [2.24, 2.45) is 4.99 Å². The van der Waals surface area contributed by atoms with Gasteiger partial charge in [-0.1, -0.05) is 29.8 Å². The van der Waals surface area contributed by atoms with Crippen LogP contribution in [0.1, 0.15) is 12.5 Å². The highest BCUT2D eigenvalue weighted by Gasteiger charge is 2.24. The number of carboxylic acids is 1. The van der Waals surface area contributed by atoms with Gasteiger partial charge in [0.25, 0.3) is 5.91 Å². The summed E-state index contributed by atoms with van der Waals surface area (Å²) in [6.07, 6.45) is 0.662. The fourth-order valence-corrected chi connectivity index (χ4v) is 3.41. The number of aliphatic carboxylic acids is 1. The molecule has 1 atom stereocenters. The number of para-hydroxylation sites is 1. The van der Waals surface area contributed by atoms with Gasteiger partial charge in [0.05, 0.1) is 22.7 Å². The lowest BCUT2D eigenvalue weighted by atomic mass is 10.2. The van der Waals surface area contributed by atoms with Crippen LogP contribution in [0.2, 0.25) is 5.02 Å². The van der Waals surface area contributed by atoms with E-state index in [1.54, 1.807) is 42.5 Å². The number of carboxylic acid groups (broad SMARTS) is 1. The number of ether oxygens (including phenoxy) is 2. The Labute approximate surface area is 176 Å². The number of thioether (sulfide) groups is 1. The largest absolute Gasteiger partial charge is 0.493 e. The minimum Gasteiger partial charge on any atom is -0.493 e. The predicted molar refractivity (Wildman–Crippen MR) is 113 cm³/mol. The van der Waals surface area contributed by atoms with E-state index in [1.807, 2.05) is 6.07 Å². The van der Waals surface area contributed by atoms with Crippen LogP contribution in [0.4, 0.5) is 5.69 Å². The average Bonchev–Trinajstić information content (AvgIpc) is 3.03. The third-order valence-electron chi connectivity index (χ3n) is 3.86. The van der Waals surface area contributed by atoms with E-state index in [2.05, 4.69) is 10.3 Å². The van der Waals surface area contributed by atoms with Crippen LogP contribution in [0, 0.1) is 0 Å². The van der Waals surface area contributed by atoms with Crippen molar-refractivity contribution in [3.05, 3.63) is 58.0 Å². The van der Waals surface area contributed by atoms with Gasteiger partial charge < -0.3 is 19.9 Å². The summed E-state index contributed by atoms with van der Waals surface area (Å²) >= 11 is 7.29. The number of nitrogens with zero attached hydrogens (tertiary/aromatic N) is 1. The molecule has 1 fully saturated rings. The van der Waals surface area contributed by atoms with Gasteiger partial charge in [-0.25, -0.2) is 9.79 Å². The molecule has 0 aliphatic carbocycles. The molecule has 1 aliphatic rings. The maximum atomic E-state index is 12.3. The van der Waals surface area contributed by atoms with Crippen LogP contribution in [-0.4, -0.2) is 35.4 Å². The van der Waals surface area contributed by atoms with E-state index in [9.17, 15) is 9.59 Å². The first-order chi connectivity index (χ1) is 13.9. The number of halogens is 1. The Hall–Kier alpha value is -2.97. The van der Waals surface area contributed by atoms with E-state index in [0.29, 0.717) is 37.8 Å². The highest BCUT2D eigenvalue weighted by atomic mass is 35.5. The molecule has 1 unspecified atom stereocenters. The minimum atomic E-state index is -1.08. The SMILES string of the molecule is COc1cc(/C=C2/SC(=Nc3ccccc3Cl)NC2=O)ccc1OC(C)C(=O)O. The smallest absolute Gasteiger partial charge is 0.344 e. The molecule has 29 heavy (non-hydrogen) atoms. The predicted octanol–water partition coefficient (Wildman–Crippen LogP) is 4.09. The van der Waals surface area contributed by atoms with Crippen LogP contribution < -0.4 is 14.8 Å². The third kappa shape index (κ3) is 5.10. The summed E-state index contributed by atoms with van der Waals surface area (Å²) in [7, 11) is 1.45. The van der Waals surface area contributed by atoms with Crippen molar-refractivity contribution in [1.82, 2.24) is 5.32 Å². The number of carbonyl (C=O) groups excluding carboxylic acids is 1. The highest BCUT2D eigenvalue weighted by Crippen LogP contribution is 2.33. The molecule has 1 saturated heterocycles. The first-order valence-electron chi connectivity index (χ1n) is 8.49. The van der Waals surface area contributed by atoms with Crippen LogP contribution in [-0.2, 0) is 9.59 Å². The molecular formula is C20H17ClN2O5S. The number of rotatable bonds is 6. The molecule has 9 heteroatoms. The van der Waals surface area contributed by atoms with Crippen molar-refractivity contribution < 1.29 is 24.2 Å². The number of aliphatic imine (C=N–C) groups is 1. The molecule has 1 aliphatic heterocycles. The zero-order chi connectivity index (χ0) is 21.0. The minimum absolute atomic E-state index is 0.278. The fraction of sp³-hybridized carbons (Fsp3) is 0.150. The number of amides is 1. The molecule has 2 N–H and O–H groups in total. The third-order valence-corrected chi connectivity index (χ3v) is 5.09. The molecule has 3 rings (SSSR count). The van der Waals surface area contributed by atoms with E-state index in [1.165, 1.54) is 25.8 Å². The van der Waals surface area contributed by atoms with Gasteiger partial charge in [0, 0.05) is 0 Å². The van der Waals surface area contributed by atoms with Gasteiger partial charge in [-0.05, 0) is 54.6 Å². The zero-order valence-electron chi connectivity index (χ0n) is 15.5. The average molecular weight is 433 g/mol. The topological polar surface area (TPSA) is 97.2 Å². The lowest BCUT2D eigenvalue weighted by molar-refractivity contribution is -0.144. The van der Waals surface area contributed by atoms with Gasteiger partial charge in [0.15, 0.2) is 22.8 Å². The maximum absolute atomic E-state index is 12.3. The van der Waals surface area contributed by atoms with Crippen molar-refractivity contribution >= 4 is 52.2 Å². The Morgan fingerprint density at radius 2 is 2.03 bits per heavy atom. The van der Waals surface area contributed by atoms with E-state index in [0.717, 1.165) is 0 Å². The number of nitrogens with one attached hydrogen (secondary N) is 1. The first kappa shape index (κ1) is 20.8. The maximum Gasteiger partial charge on any atom is 0.344 e. The Balaban J connectivity index is 1.82. The summed E-state index contributed by atoms with van der Waals surface area (Å²) in [6, 6.07) is 12.1. The lowest BCUT2D eigenvalue weighted by Gasteiger charge is -2.14. The molecule has 2 aromatic carbocycles. The number of benzene rings is 2. The van der Waals surface area contributed by atoms with Crippen LogP contribution in [0.5, 0.6) is 11.5 Å². The van der Waals surface area contributed by atoms with Crippen LogP contribution in [0.25, 0.3) is 6.08 Å². The van der Waals surface area contributed by atoms with E-state index in [-0.39, 0.29) is 5.91 Å². The van der Waals surface area contributed by atoms with Gasteiger partial charge in [0.2, 0.25) is 0 Å². The molecule has 1 amide bonds. The van der Waals surface area contributed by atoms with E-state index < -0.39 is 12.1 Å². The number of methoxy groups -OCH3 is 1. The Morgan fingerprint density at radius 1 is 1.28 bits per heavy atom. The van der Waals surface area contributed by atoms with Crippen molar-refractivity contribution in [3.8, 4) is 11.5 Å². The molecule has 0 aromatic heterocycles. The monoisotopic (exact) mass is 432 g/mol. The Bertz CT molecular complexity index is 1020. The van der Waals surface area contributed by atoms with Crippen molar-refractivity contribution in [2.75, 3.05) is 7.11 Å². The van der Waals surface area contributed by atoms with E-state index in [4.69, 9.17) is 26.2 Å². The second kappa shape index (κ2) is 9.02. The quantitative estimate of drug-likeness (QED) is 0.667. The van der Waals surface area contributed by atoms with Crippen molar-refractivity contribution in [3.63, 3.8) is 0 Å². The van der Waals surface area contributed by atoms with Gasteiger partial charge in [-0.3, -0.25) is 4.79 Å². The molecule has 150 valence electrons. The van der Waals surface area contributed by atoms with Crippen molar-refractivity contribution in [2.45, 2.75) is 13.0 Å². The highest BCUT2D eigenvalue weighted by molar-refractivity contribution is 8.18. The molecule has 1 heterocycles. The molecular weight excluding hydrogens is 416 g/mol. The first-order valence-corrected chi connectivity index (χ1v) is 9.68. The molecule has 0 bridgehead atoms. The Kier molecular flexibility index (Phi) is 6.46. The summed E-state index contributed by atoms with van der Waals surface area (Å²) in [5, 5.41) is 12.6. The standard InChI is InChI=1S/C20H17ClN2O5S/c1-11(19(25)26)28-15-8-7-12(9-16(15)27-2)10-17-18(24)23-20(29-17)22-14-6-4-3-5-13(14)21/h3-11H,1-2H3,(H,25,26)(H,22,23,24)/b17-10+.